The average Bonchev–Trinajstić information content (AvgIpc) is 2.64. The number of hydrogen-bond acceptors (Lipinski definition) is 6. The van der Waals surface area contributed by atoms with Gasteiger partial charge in [0.05, 0.1) is 12.8 Å². The highest BCUT2D eigenvalue weighted by Crippen LogP contribution is 2.25. The molecule has 3 aromatic rings. The highest BCUT2D eigenvalue weighted by molar-refractivity contribution is 5.84. The van der Waals surface area contributed by atoms with Gasteiger partial charge >= 0.3 is 6.09 Å². The van der Waals surface area contributed by atoms with Crippen molar-refractivity contribution in [2.45, 2.75) is 6.92 Å². The second-order valence-corrected chi connectivity index (χ2v) is 5.39. The zero-order chi connectivity index (χ0) is 17.8. The first-order chi connectivity index (χ1) is 12.1. The molecule has 0 aliphatic carbocycles. The van der Waals surface area contributed by atoms with Crippen LogP contribution in [0.5, 0.6) is 0 Å². The van der Waals surface area contributed by atoms with Crippen LogP contribution >= 0.6 is 0 Å². The molecule has 0 atom stereocenters. The first-order valence-electron chi connectivity index (χ1n) is 7.58. The third-order valence-corrected chi connectivity index (χ3v) is 3.63. The van der Waals surface area contributed by atoms with Gasteiger partial charge in [-0.1, -0.05) is 6.07 Å². The first kappa shape index (κ1) is 16.4. The highest BCUT2D eigenvalue weighted by atomic mass is 16.5. The van der Waals surface area contributed by atoms with Crippen LogP contribution in [0.4, 0.5) is 16.3 Å². The Balaban J connectivity index is 1.98. The molecule has 3 N–H and O–H groups in total. The molecule has 25 heavy (non-hydrogen) atoms. The lowest BCUT2D eigenvalue weighted by atomic mass is 10.1. The average molecular weight is 335 g/mol. The maximum absolute atomic E-state index is 11.3. The molecule has 0 unspecified atom stereocenters. The Morgan fingerprint density at radius 3 is 2.72 bits per heavy atom. The number of nitrogens with two attached hydrogens (primary N) is 1. The lowest BCUT2D eigenvalue weighted by Gasteiger charge is -2.08. The minimum Gasteiger partial charge on any atom is -0.453 e. The molecule has 0 radical (unpaired) electrons. The second-order valence-electron chi connectivity index (χ2n) is 5.39. The predicted molar refractivity (Wildman–Crippen MR) is 95.9 cm³/mol. The molecule has 0 bridgehead atoms. The Morgan fingerprint density at radius 2 is 1.92 bits per heavy atom. The number of nitrogens with zero attached hydrogens (tertiary/aromatic N) is 3. The number of carbonyl (C=O) groups excluding carboxylic acids is 1. The number of hydrogen-bond donors (Lipinski definition) is 2. The maximum Gasteiger partial charge on any atom is 0.412 e. The number of nitrogen functional groups attached to an aromatic ring is 1. The fraction of sp³-hybridized carbons (Fsp3) is 0.111. The summed E-state index contributed by atoms with van der Waals surface area (Å²) < 4.78 is 4.57. The smallest absolute Gasteiger partial charge is 0.412 e. The van der Waals surface area contributed by atoms with Crippen molar-refractivity contribution in [3.63, 3.8) is 0 Å². The zero-order valence-corrected chi connectivity index (χ0v) is 13.9. The minimum atomic E-state index is -0.580. The normalized spacial score (nSPS) is 10.3. The van der Waals surface area contributed by atoms with Crippen molar-refractivity contribution in [3.8, 4) is 22.6 Å². The zero-order valence-electron chi connectivity index (χ0n) is 13.9. The Hall–Kier alpha value is -3.48. The molecule has 0 aliphatic rings. The van der Waals surface area contributed by atoms with Crippen LogP contribution in [-0.4, -0.2) is 28.2 Å². The molecule has 2 heterocycles. The lowest BCUT2D eigenvalue weighted by Crippen LogP contribution is -2.12. The van der Waals surface area contributed by atoms with Gasteiger partial charge in [0.1, 0.15) is 5.82 Å². The Morgan fingerprint density at radius 1 is 1.12 bits per heavy atom. The number of benzene rings is 1. The molecule has 2 aromatic heterocycles. The molecule has 7 heteroatoms. The molecule has 0 saturated carbocycles. The van der Waals surface area contributed by atoms with E-state index in [4.69, 9.17) is 5.73 Å². The molecule has 0 fully saturated rings. The number of pyridine rings is 1. The molecular formula is C18H17N5O2. The van der Waals surface area contributed by atoms with Gasteiger partial charge in [-0.25, -0.2) is 19.7 Å². The Kier molecular flexibility index (Phi) is 4.56. The number of ether oxygens (including phenoxy) is 1. The van der Waals surface area contributed by atoms with Gasteiger partial charge < -0.3 is 10.5 Å². The molecule has 3 rings (SSSR count). The monoisotopic (exact) mass is 335 g/mol. The van der Waals surface area contributed by atoms with Gasteiger partial charge in [0, 0.05) is 29.2 Å². The van der Waals surface area contributed by atoms with E-state index in [1.54, 1.807) is 30.6 Å². The summed E-state index contributed by atoms with van der Waals surface area (Å²) >= 11 is 0. The van der Waals surface area contributed by atoms with Crippen molar-refractivity contribution in [3.05, 3.63) is 54.4 Å². The summed E-state index contributed by atoms with van der Waals surface area (Å²) in [6.07, 6.45) is 2.70. The molecule has 1 amide bonds. The number of rotatable bonds is 3. The Labute approximate surface area is 144 Å². The van der Waals surface area contributed by atoms with E-state index in [0.29, 0.717) is 23.0 Å². The van der Waals surface area contributed by atoms with E-state index in [9.17, 15) is 4.79 Å². The fourth-order valence-corrected chi connectivity index (χ4v) is 2.34. The number of methoxy groups -OCH3 is 1. The van der Waals surface area contributed by atoms with Gasteiger partial charge in [-0.3, -0.25) is 5.32 Å². The molecule has 0 spiro atoms. The van der Waals surface area contributed by atoms with Crippen LogP contribution in [0, 0.1) is 6.92 Å². The van der Waals surface area contributed by atoms with Crippen LogP contribution in [0.1, 0.15) is 5.56 Å². The van der Waals surface area contributed by atoms with Crippen molar-refractivity contribution in [1.29, 1.82) is 0 Å². The van der Waals surface area contributed by atoms with Crippen molar-refractivity contribution >= 4 is 17.6 Å². The second kappa shape index (κ2) is 6.96. The molecule has 0 saturated heterocycles. The number of anilines is 2. The maximum atomic E-state index is 11.3. The van der Waals surface area contributed by atoms with Gasteiger partial charge in [-0.05, 0) is 42.8 Å². The van der Waals surface area contributed by atoms with Gasteiger partial charge in [-0.15, -0.1) is 0 Å². The third kappa shape index (κ3) is 3.72. The van der Waals surface area contributed by atoms with Crippen LogP contribution in [0.2, 0.25) is 0 Å². The van der Waals surface area contributed by atoms with Gasteiger partial charge in [-0.2, -0.15) is 0 Å². The number of aromatic nitrogens is 3. The van der Waals surface area contributed by atoms with Crippen LogP contribution < -0.4 is 11.1 Å². The van der Waals surface area contributed by atoms with Crippen molar-refractivity contribution in [1.82, 2.24) is 15.0 Å². The number of amides is 1. The quantitative estimate of drug-likeness (QED) is 0.712. The van der Waals surface area contributed by atoms with E-state index in [1.807, 2.05) is 25.1 Å². The minimum absolute atomic E-state index is 0.379. The van der Waals surface area contributed by atoms with E-state index in [0.717, 1.165) is 16.7 Å². The van der Waals surface area contributed by atoms with Crippen molar-refractivity contribution in [2.24, 2.45) is 0 Å². The predicted octanol–water partition coefficient (Wildman–Crippen LogP) is 3.27. The van der Waals surface area contributed by atoms with E-state index >= 15 is 0 Å². The summed E-state index contributed by atoms with van der Waals surface area (Å²) in [5.74, 6) is 0.964. The van der Waals surface area contributed by atoms with Crippen LogP contribution in [0.15, 0.2) is 48.8 Å². The van der Waals surface area contributed by atoms with Gasteiger partial charge in [0.25, 0.3) is 0 Å². The van der Waals surface area contributed by atoms with Gasteiger partial charge in [0.2, 0.25) is 0 Å². The highest BCUT2D eigenvalue weighted by Gasteiger charge is 2.09. The van der Waals surface area contributed by atoms with Crippen molar-refractivity contribution < 1.29 is 9.53 Å². The van der Waals surface area contributed by atoms with E-state index in [-0.39, 0.29) is 0 Å². The van der Waals surface area contributed by atoms with E-state index in [2.05, 4.69) is 25.0 Å². The van der Waals surface area contributed by atoms with Crippen LogP contribution in [0.3, 0.4) is 0 Å². The van der Waals surface area contributed by atoms with E-state index in [1.165, 1.54) is 7.11 Å². The fourth-order valence-electron chi connectivity index (χ4n) is 2.34. The number of carbonyl (C=O) groups is 1. The van der Waals surface area contributed by atoms with E-state index < -0.39 is 6.09 Å². The SMILES string of the molecule is COC(=O)Nc1cc(-c2ccnc(-c3cc(N)ccc3C)n2)ccn1. The summed E-state index contributed by atoms with van der Waals surface area (Å²) in [5, 5.41) is 2.53. The van der Waals surface area contributed by atoms with Crippen LogP contribution in [-0.2, 0) is 4.74 Å². The Bertz CT molecular complexity index is 927. The largest absolute Gasteiger partial charge is 0.453 e. The molecular weight excluding hydrogens is 318 g/mol. The third-order valence-electron chi connectivity index (χ3n) is 3.63. The summed E-state index contributed by atoms with van der Waals surface area (Å²) in [6.45, 7) is 1.98. The molecule has 7 nitrogen and oxygen atoms in total. The van der Waals surface area contributed by atoms with Crippen LogP contribution in [0.25, 0.3) is 22.6 Å². The summed E-state index contributed by atoms with van der Waals surface area (Å²) in [6, 6.07) is 10.9. The summed E-state index contributed by atoms with van der Waals surface area (Å²) in [4.78, 5) is 24.4. The number of aryl methyl sites for hydroxylation is 1. The van der Waals surface area contributed by atoms with Crippen molar-refractivity contribution in [2.75, 3.05) is 18.2 Å². The summed E-state index contributed by atoms with van der Waals surface area (Å²) in [7, 11) is 1.30. The molecule has 1 aromatic carbocycles. The first-order valence-corrected chi connectivity index (χ1v) is 7.58. The number of nitrogens with one attached hydrogen (secondary N) is 1. The summed E-state index contributed by atoms with van der Waals surface area (Å²) in [5.41, 5.74) is 9.96. The molecule has 126 valence electrons. The lowest BCUT2D eigenvalue weighted by molar-refractivity contribution is 0.187. The standard InChI is InChI=1S/C18H17N5O2/c1-11-3-4-13(19)10-14(11)17-21-8-6-15(22-17)12-5-7-20-16(9-12)23-18(24)25-2/h3-10H,19H2,1-2H3,(H,20,23,24). The van der Waals surface area contributed by atoms with Gasteiger partial charge in [0.15, 0.2) is 5.82 Å². The molecule has 0 aliphatic heterocycles. The topological polar surface area (TPSA) is 103 Å².